The van der Waals surface area contributed by atoms with E-state index < -0.39 is 0 Å². The Labute approximate surface area is 178 Å². The van der Waals surface area contributed by atoms with Crippen molar-refractivity contribution in [3.05, 3.63) is 47.3 Å². The van der Waals surface area contributed by atoms with Crippen LogP contribution in [-0.4, -0.2) is 57.7 Å². The van der Waals surface area contributed by atoms with Gasteiger partial charge in [-0.15, -0.1) is 0 Å². The largest absolute Gasteiger partial charge is 0.487 e. The predicted molar refractivity (Wildman–Crippen MR) is 116 cm³/mol. The summed E-state index contributed by atoms with van der Waals surface area (Å²) in [6.07, 6.45) is 7.30. The first-order chi connectivity index (χ1) is 14.4. The lowest BCUT2D eigenvalue weighted by atomic mass is 9.71. The Bertz CT molecular complexity index is 903. The van der Waals surface area contributed by atoms with E-state index in [0.717, 1.165) is 57.7 Å². The van der Waals surface area contributed by atoms with Gasteiger partial charge in [0.2, 0.25) is 0 Å². The van der Waals surface area contributed by atoms with Crippen LogP contribution in [0, 0.1) is 5.41 Å². The summed E-state index contributed by atoms with van der Waals surface area (Å²) in [5, 5.41) is 6.71. The summed E-state index contributed by atoms with van der Waals surface area (Å²) < 4.78 is 6.27. The maximum absolute atomic E-state index is 12.6. The van der Waals surface area contributed by atoms with E-state index in [-0.39, 0.29) is 11.5 Å². The molecule has 0 atom stereocenters. The molecule has 1 aromatic heterocycles. The number of amides is 1. The topological polar surface area (TPSA) is 61.5 Å². The number of para-hydroxylation sites is 1. The van der Waals surface area contributed by atoms with Crippen LogP contribution in [0.5, 0.6) is 5.75 Å². The zero-order valence-corrected chi connectivity index (χ0v) is 18.1. The average molecular weight is 409 g/mol. The number of aromatic amines is 1. The van der Waals surface area contributed by atoms with Gasteiger partial charge in [0.25, 0.3) is 5.91 Å². The molecule has 6 nitrogen and oxygen atoms in total. The molecule has 2 fully saturated rings. The Morgan fingerprint density at radius 2 is 1.83 bits per heavy atom. The minimum Gasteiger partial charge on any atom is -0.487 e. The lowest BCUT2D eigenvalue weighted by Crippen LogP contribution is -2.48. The van der Waals surface area contributed by atoms with Gasteiger partial charge in [0.15, 0.2) is 0 Å². The van der Waals surface area contributed by atoms with Crippen molar-refractivity contribution in [3.8, 4) is 5.75 Å². The van der Waals surface area contributed by atoms with Crippen LogP contribution in [0.25, 0.3) is 0 Å². The molecule has 1 spiro atoms. The van der Waals surface area contributed by atoms with E-state index in [2.05, 4.69) is 47.1 Å². The SMILES string of the molecule is CC1(C)Cc2cccc(CN3CCC4(CC3)CCN(C(=O)c3ccn[nH]3)CC4)c2O1. The van der Waals surface area contributed by atoms with Crippen molar-refractivity contribution in [1.29, 1.82) is 0 Å². The van der Waals surface area contributed by atoms with Crippen molar-refractivity contribution < 1.29 is 9.53 Å². The zero-order valence-electron chi connectivity index (χ0n) is 18.1. The number of likely N-dealkylation sites (tertiary alicyclic amines) is 2. The molecule has 6 heteroatoms. The van der Waals surface area contributed by atoms with Crippen LogP contribution in [0.1, 0.15) is 61.1 Å². The van der Waals surface area contributed by atoms with Crippen LogP contribution in [0.2, 0.25) is 0 Å². The van der Waals surface area contributed by atoms with E-state index >= 15 is 0 Å². The van der Waals surface area contributed by atoms with Crippen molar-refractivity contribution in [1.82, 2.24) is 20.0 Å². The molecule has 2 aromatic rings. The van der Waals surface area contributed by atoms with Crippen LogP contribution in [0.3, 0.4) is 0 Å². The summed E-state index contributed by atoms with van der Waals surface area (Å²) in [5.74, 6) is 1.20. The van der Waals surface area contributed by atoms with Crippen molar-refractivity contribution >= 4 is 5.91 Å². The first kappa shape index (κ1) is 19.6. The predicted octanol–water partition coefficient (Wildman–Crippen LogP) is 3.64. The molecule has 1 amide bonds. The summed E-state index contributed by atoms with van der Waals surface area (Å²) >= 11 is 0. The van der Waals surface area contributed by atoms with Gasteiger partial charge in [-0.2, -0.15) is 5.10 Å². The Morgan fingerprint density at radius 1 is 1.10 bits per heavy atom. The molecule has 0 aliphatic carbocycles. The van der Waals surface area contributed by atoms with E-state index in [1.54, 1.807) is 12.3 Å². The van der Waals surface area contributed by atoms with Crippen molar-refractivity contribution in [2.75, 3.05) is 26.2 Å². The van der Waals surface area contributed by atoms with E-state index in [1.807, 2.05) is 4.90 Å². The number of nitrogens with one attached hydrogen (secondary N) is 1. The molecular weight excluding hydrogens is 376 g/mol. The molecule has 3 aliphatic rings. The number of nitrogens with zero attached hydrogens (tertiary/aromatic N) is 3. The van der Waals surface area contributed by atoms with Crippen molar-refractivity contribution in [2.45, 2.75) is 58.1 Å². The number of ether oxygens (including phenoxy) is 1. The van der Waals surface area contributed by atoms with Crippen molar-refractivity contribution in [3.63, 3.8) is 0 Å². The number of benzene rings is 1. The van der Waals surface area contributed by atoms with Crippen molar-refractivity contribution in [2.24, 2.45) is 5.41 Å². The molecule has 0 bridgehead atoms. The maximum atomic E-state index is 12.6. The van der Waals surface area contributed by atoms with Gasteiger partial charge in [-0.1, -0.05) is 18.2 Å². The van der Waals surface area contributed by atoms with Gasteiger partial charge in [0, 0.05) is 37.8 Å². The van der Waals surface area contributed by atoms with E-state index in [0.29, 0.717) is 11.1 Å². The third-order valence-corrected chi connectivity index (χ3v) is 7.33. The summed E-state index contributed by atoms with van der Waals surface area (Å²) in [7, 11) is 0. The van der Waals surface area contributed by atoms with Crippen LogP contribution in [0.4, 0.5) is 0 Å². The maximum Gasteiger partial charge on any atom is 0.271 e. The number of hydrogen-bond acceptors (Lipinski definition) is 4. The molecule has 2 saturated heterocycles. The Kier molecular flexibility index (Phi) is 4.85. The van der Waals surface area contributed by atoms with E-state index in [9.17, 15) is 4.79 Å². The number of fused-ring (bicyclic) bond motifs is 1. The first-order valence-corrected chi connectivity index (χ1v) is 11.2. The second-order valence-electron chi connectivity index (χ2n) is 9.98. The Hall–Kier alpha value is -2.34. The summed E-state index contributed by atoms with van der Waals surface area (Å²) in [6, 6.07) is 8.37. The number of carbonyl (C=O) groups excluding carboxylic acids is 1. The zero-order chi connectivity index (χ0) is 20.8. The highest BCUT2D eigenvalue weighted by Gasteiger charge is 2.39. The quantitative estimate of drug-likeness (QED) is 0.842. The molecule has 0 radical (unpaired) electrons. The van der Waals surface area contributed by atoms with Gasteiger partial charge in [-0.05, 0) is 69.7 Å². The minimum absolute atomic E-state index is 0.0839. The number of piperidine rings is 2. The number of rotatable bonds is 3. The average Bonchev–Trinajstić information content (AvgIpc) is 3.37. The smallest absolute Gasteiger partial charge is 0.271 e. The molecule has 1 N–H and O–H groups in total. The monoisotopic (exact) mass is 408 g/mol. The lowest BCUT2D eigenvalue weighted by molar-refractivity contribution is 0.0279. The number of H-pyrrole nitrogens is 1. The van der Waals surface area contributed by atoms with E-state index in [1.165, 1.54) is 24.0 Å². The Morgan fingerprint density at radius 3 is 2.53 bits per heavy atom. The first-order valence-electron chi connectivity index (χ1n) is 11.2. The lowest BCUT2D eigenvalue weighted by Gasteiger charge is -2.47. The molecule has 160 valence electrons. The fourth-order valence-electron chi connectivity index (χ4n) is 5.46. The standard InChI is InChI=1S/C24H32N4O2/c1-23(2)16-18-4-3-5-19(21(18)30-23)17-27-12-7-24(8-13-27)9-14-28(15-10-24)22(29)20-6-11-25-26-20/h3-6,11H,7-10,12-17H2,1-2H3,(H,25,26). The van der Waals surface area contributed by atoms with Gasteiger partial charge >= 0.3 is 0 Å². The molecular formula is C24H32N4O2. The molecule has 3 aliphatic heterocycles. The third kappa shape index (κ3) is 3.73. The highest BCUT2D eigenvalue weighted by molar-refractivity contribution is 5.92. The molecule has 0 unspecified atom stereocenters. The molecule has 4 heterocycles. The van der Waals surface area contributed by atoms with Gasteiger partial charge in [-0.3, -0.25) is 14.8 Å². The van der Waals surface area contributed by atoms with Gasteiger partial charge in [-0.25, -0.2) is 0 Å². The fraction of sp³-hybridized carbons (Fsp3) is 0.583. The number of carbonyl (C=O) groups is 1. The molecule has 0 saturated carbocycles. The number of hydrogen-bond donors (Lipinski definition) is 1. The normalized spacial score (nSPS) is 22.7. The highest BCUT2D eigenvalue weighted by Crippen LogP contribution is 2.43. The summed E-state index contributed by atoms with van der Waals surface area (Å²) in [5.41, 5.74) is 3.58. The van der Waals surface area contributed by atoms with Gasteiger partial charge in [0.05, 0.1) is 0 Å². The summed E-state index contributed by atoms with van der Waals surface area (Å²) in [4.78, 5) is 17.1. The fourth-order valence-corrected chi connectivity index (χ4v) is 5.46. The molecule has 5 rings (SSSR count). The third-order valence-electron chi connectivity index (χ3n) is 7.33. The second kappa shape index (κ2) is 7.41. The minimum atomic E-state index is -0.0913. The number of aromatic nitrogens is 2. The summed E-state index contributed by atoms with van der Waals surface area (Å²) in [6.45, 7) is 9.28. The van der Waals surface area contributed by atoms with Crippen LogP contribution >= 0.6 is 0 Å². The van der Waals surface area contributed by atoms with Crippen LogP contribution < -0.4 is 4.74 Å². The van der Waals surface area contributed by atoms with Crippen LogP contribution in [0.15, 0.2) is 30.5 Å². The van der Waals surface area contributed by atoms with Crippen LogP contribution in [-0.2, 0) is 13.0 Å². The highest BCUT2D eigenvalue weighted by atomic mass is 16.5. The van der Waals surface area contributed by atoms with E-state index in [4.69, 9.17) is 4.74 Å². The second-order valence-corrected chi connectivity index (χ2v) is 9.98. The molecule has 30 heavy (non-hydrogen) atoms. The van der Waals surface area contributed by atoms with Gasteiger partial charge < -0.3 is 9.64 Å². The Balaban J connectivity index is 1.16. The van der Waals surface area contributed by atoms with Gasteiger partial charge in [0.1, 0.15) is 17.0 Å². The molecule has 1 aromatic carbocycles.